The molecule has 4 rings (SSSR count). The van der Waals surface area contributed by atoms with Crippen molar-refractivity contribution in [2.24, 2.45) is 5.73 Å². The summed E-state index contributed by atoms with van der Waals surface area (Å²) in [5.74, 6) is 0.649. The van der Waals surface area contributed by atoms with Gasteiger partial charge in [0, 0.05) is 18.3 Å². The second kappa shape index (κ2) is 7.28. The van der Waals surface area contributed by atoms with Crippen LogP contribution in [0.25, 0.3) is 0 Å². The third-order valence-electron chi connectivity index (χ3n) is 4.85. The number of amides is 2. The Hall–Kier alpha value is -3.06. The van der Waals surface area contributed by atoms with Gasteiger partial charge in [-0.2, -0.15) is 0 Å². The second-order valence-corrected chi connectivity index (χ2v) is 6.70. The highest BCUT2D eigenvalue weighted by atomic mass is 16.6. The molecular formula is C20H21N3O4. The first-order chi connectivity index (χ1) is 13.1. The predicted octanol–water partition coefficient (Wildman–Crippen LogP) is 1.31. The maximum atomic E-state index is 12.6. The predicted molar refractivity (Wildman–Crippen MR) is 99.6 cm³/mol. The topological polar surface area (TPSA) is 93.9 Å². The van der Waals surface area contributed by atoms with E-state index in [-0.39, 0.29) is 12.5 Å². The monoisotopic (exact) mass is 367 g/mol. The normalized spacial score (nSPS) is 18.4. The summed E-state index contributed by atoms with van der Waals surface area (Å²) in [5, 5.41) is 2.85. The quantitative estimate of drug-likeness (QED) is 0.850. The number of nitrogens with one attached hydrogen (secondary N) is 1. The van der Waals surface area contributed by atoms with Gasteiger partial charge in [-0.1, -0.05) is 24.3 Å². The molecule has 2 amide bonds. The van der Waals surface area contributed by atoms with E-state index >= 15 is 0 Å². The lowest BCUT2D eigenvalue weighted by molar-refractivity contribution is -0.125. The Morgan fingerprint density at radius 2 is 1.81 bits per heavy atom. The Morgan fingerprint density at radius 3 is 2.59 bits per heavy atom. The minimum absolute atomic E-state index is 0.0797. The summed E-state index contributed by atoms with van der Waals surface area (Å²) in [5.41, 5.74) is 8.41. The molecule has 0 bridgehead atoms. The number of primary amides is 1. The van der Waals surface area contributed by atoms with Gasteiger partial charge in [0.15, 0.2) is 11.5 Å². The molecule has 2 aliphatic heterocycles. The molecule has 140 valence electrons. The highest BCUT2D eigenvalue weighted by Crippen LogP contribution is 2.32. The number of fused-ring (bicyclic) bond motifs is 2. The van der Waals surface area contributed by atoms with E-state index in [1.807, 2.05) is 29.2 Å². The van der Waals surface area contributed by atoms with E-state index in [0.29, 0.717) is 43.4 Å². The fourth-order valence-electron chi connectivity index (χ4n) is 3.53. The minimum atomic E-state index is -0.495. The molecule has 2 aliphatic rings. The van der Waals surface area contributed by atoms with Gasteiger partial charge in [-0.25, -0.2) is 0 Å². The fraction of sp³-hybridized carbons (Fsp3) is 0.300. The fourth-order valence-corrected chi connectivity index (χ4v) is 3.53. The summed E-state index contributed by atoms with van der Waals surface area (Å²) in [6.07, 6.45) is 0.517. The number of nitrogens with zero attached hydrogens (tertiary/aromatic N) is 1. The maximum Gasteiger partial charge on any atom is 0.238 e. The van der Waals surface area contributed by atoms with Crippen molar-refractivity contribution >= 4 is 17.5 Å². The lowest BCUT2D eigenvalue weighted by Crippen LogP contribution is -2.50. The van der Waals surface area contributed by atoms with Gasteiger partial charge in [0.25, 0.3) is 0 Å². The number of hydrogen-bond acceptors (Lipinski definition) is 5. The van der Waals surface area contributed by atoms with Crippen molar-refractivity contribution in [1.29, 1.82) is 0 Å². The van der Waals surface area contributed by atoms with E-state index in [9.17, 15) is 9.59 Å². The SMILES string of the molecule is NC(=O)[C@H]1Cc2ccccc2CN1CC(=O)Nc1ccc2c(c1)OCCO2. The van der Waals surface area contributed by atoms with E-state index in [1.165, 1.54) is 0 Å². The number of anilines is 1. The van der Waals surface area contributed by atoms with E-state index < -0.39 is 11.9 Å². The lowest BCUT2D eigenvalue weighted by atomic mass is 9.93. The van der Waals surface area contributed by atoms with E-state index in [1.54, 1.807) is 18.2 Å². The zero-order valence-electron chi connectivity index (χ0n) is 14.8. The molecular weight excluding hydrogens is 346 g/mol. The van der Waals surface area contributed by atoms with E-state index in [4.69, 9.17) is 15.2 Å². The van der Waals surface area contributed by atoms with Gasteiger partial charge >= 0.3 is 0 Å². The second-order valence-electron chi connectivity index (χ2n) is 6.70. The van der Waals surface area contributed by atoms with Crippen LogP contribution < -0.4 is 20.5 Å². The molecule has 0 spiro atoms. The van der Waals surface area contributed by atoms with Crippen LogP contribution in [0.15, 0.2) is 42.5 Å². The molecule has 3 N–H and O–H groups in total. The van der Waals surface area contributed by atoms with Crippen LogP contribution in [0.1, 0.15) is 11.1 Å². The van der Waals surface area contributed by atoms with Crippen molar-refractivity contribution < 1.29 is 19.1 Å². The number of carbonyl (C=O) groups is 2. The standard InChI is InChI=1S/C20H21N3O4/c21-20(25)16-9-13-3-1-2-4-14(13)11-23(16)12-19(24)22-15-5-6-17-18(10-15)27-8-7-26-17/h1-6,10,16H,7-9,11-12H2,(H2,21,25)(H,22,24)/t16-/m1/s1. The summed E-state index contributed by atoms with van der Waals surface area (Å²) in [6.45, 7) is 1.59. The first kappa shape index (κ1) is 17.4. The van der Waals surface area contributed by atoms with Crippen LogP contribution in [-0.2, 0) is 22.6 Å². The molecule has 7 heteroatoms. The Kier molecular flexibility index (Phi) is 4.68. The van der Waals surface area contributed by atoms with Gasteiger partial charge in [-0.15, -0.1) is 0 Å². The van der Waals surface area contributed by atoms with E-state index in [0.717, 1.165) is 11.1 Å². The molecule has 0 aliphatic carbocycles. The molecule has 0 unspecified atom stereocenters. The number of carbonyl (C=O) groups excluding carboxylic acids is 2. The van der Waals surface area contributed by atoms with Crippen LogP contribution in [0.3, 0.4) is 0 Å². The summed E-state index contributed by atoms with van der Waals surface area (Å²) >= 11 is 0. The van der Waals surface area contributed by atoms with Crippen LogP contribution in [0.5, 0.6) is 11.5 Å². The largest absolute Gasteiger partial charge is 0.486 e. The highest BCUT2D eigenvalue weighted by molar-refractivity contribution is 5.93. The van der Waals surface area contributed by atoms with Crippen molar-refractivity contribution in [3.05, 3.63) is 53.6 Å². The molecule has 2 aromatic rings. The van der Waals surface area contributed by atoms with Crippen LogP contribution in [0, 0.1) is 0 Å². The molecule has 0 radical (unpaired) electrons. The highest BCUT2D eigenvalue weighted by Gasteiger charge is 2.31. The summed E-state index contributed by atoms with van der Waals surface area (Å²) in [7, 11) is 0. The van der Waals surface area contributed by atoms with E-state index in [2.05, 4.69) is 5.32 Å². The third-order valence-corrected chi connectivity index (χ3v) is 4.85. The van der Waals surface area contributed by atoms with Gasteiger partial charge in [-0.05, 0) is 29.7 Å². The molecule has 27 heavy (non-hydrogen) atoms. The van der Waals surface area contributed by atoms with Crippen molar-refractivity contribution in [1.82, 2.24) is 4.90 Å². The van der Waals surface area contributed by atoms with Gasteiger partial charge < -0.3 is 20.5 Å². The number of ether oxygens (including phenoxy) is 2. The number of hydrogen-bond donors (Lipinski definition) is 2. The van der Waals surface area contributed by atoms with Gasteiger partial charge in [0.2, 0.25) is 11.8 Å². The van der Waals surface area contributed by atoms with Crippen LogP contribution in [0.2, 0.25) is 0 Å². The zero-order valence-corrected chi connectivity index (χ0v) is 14.8. The summed E-state index contributed by atoms with van der Waals surface area (Å²) in [6, 6.07) is 12.7. The van der Waals surface area contributed by atoms with Crippen LogP contribution in [0.4, 0.5) is 5.69 Å². The average Bonchev–Trinajstić information content (AvgIpc) is 2.67. The summed E-state index contributed by atoms with van der Waals surface area (Å²) < 4.78 is 11.0. The van der Waals surface area contributed by atoms with Gasteiger partial charge in [0.1, 0.15) is 13.2 Å². The molecule has 0 aromatic heterocycles. The molecule has 1 atom stereocenters. The zero-order chi connectivity index (χ0) is 18.8. The Morgan fingerprint density at radius 1 is 1.07 bits per heavy atom. The Balaban J connectivity index is 1.46. The molecule has 2 aromatic carbocycles. The first-order valence-corrected chi connectivity index (χ1v) is 8.90. The number of benzene rings is 2. The van der Waals surface area contributed by atoms with Crippen LogP contribution in [-0.4, -0.2) is 42.5 Å². The number of nitrogens with two attached hydrogens (primary N) is 1. The molecule has 0 saturated heterocycles. The van der Waals surface area contributed by atoms with Crippen molar-refractivity contribution in [2.45, 2.75) is 19.0 Å². The Labute approximate surface area is 157 Å². The average molecular weight is 367 g/mol. The molecule has 2 heterocycles. The summed E-state index contributed by atoms with van der Waals surface area (Å²) in [4.78, 5) is 26.3. The lowest BCUT2D eigenvalue weighted by Gasteiger charge is -2.34. The smallest absolute Gasteiger partial charge is 0.238 e. The third kappa shape index (κ3) is 3.73. The maximum absolute atomic E-state index is 12.6. The molecule has 7 nitrogen and oxygen atoms in total. The molecule has 0 fully saturated rings. The van der Waals surface area contributed by atoms with Crippen molar-refractivity contribution in [3.8, 4) is 11.5 Å². The molecule has 0 saturated carbocycles. The minimum Gasteiger partial charge on any atom is -0.486 e. The van der Waals surface area contributed by atoms with Crippen LogP contribution >= 0.6 is 0 Å². The Bertz CT molecular complexity index is 883. The van der Waals surface area contributed by atoms with Gasteiger partial charge in [0.05, 0.1) is 12.6 Å². The van der Waals surface area contributed by atoms with Crippen molar-refractivity contribution in [3.63, 3.8) is 0 Å². The van der Waals surface area contributed by atoms with Gasteiger partial charge in [-0.3, -0.25) is 14.5 Å². The number of rotatable bonds is 4. The van der Waals surface area contributed by atoms with Crippen molar-refractivity contribution in [2.75, 3.05) is 25.1 Å². The first-order valence-electron chi connectivity index (χ1n) is 8.90.